The second-order valence-electron chi connectivity index (χ2n) is 12.1. The van der Waals surface area contributed by atoms with E-state index in [1.165, 1.54) is 6.92 Å². The number of ether oxygens (including phenoxy) is 2. The molecule has 0 aromatic heterocycles. The summed E-state index contributed by atoms with van der Waals surface area (Å²) in [7, 11) is 0. The Balaban J connectivity index is 1.52. The van der Waals surface area contributed by atoms with Gasteiger partial charge in [0.2, 0.25) is 11.8 Å². The number of epoxide rings is 1. The molecule has 11 nitrogen and oxygen atoms in total. The number of rotatable bonds is 15. The number of benzene rings is 1. The first-order chi connectivity index (χ1) is 20.6. The van der Waals surface area contributed by atoms with Crippen LogP contribution in [0.1, 0.15) is 64.0 Å². The van der Waals surface area contributed by atoms with Crippen LogP contribution in [0.15, 0.2) is 42.0 Å². The number of aliphatic hydroxyl groups excluding tert-OH is 2. The number of Topliss-reactive ketones (excluding diaryl/α,β-unsaturated/α-hetero) is 2. The molecule has 0 radical (unpaired) electrons. The number of hydrogen-bond acceptors (Lipinski definition) is 9. The molecule has 2 aliphatic heterocycles. The second-order valence-corrected chi connectivity index (χ2v) is 12.1. The summed E-state index contributed by atoms with van der Waals surface area (Å²) in [6, 6.07) is 6.34. The summed E-state index contributed by atoms with van der Waals surface area (Å²) in [4.78, 5) is 55.5. The Kier molecular flexibility index (Phi) is 11.6. The van der Waals surface area contributed by atoms with Crippen molar-refractivity contribution in [1.82, 2.24) is 15.5 Å². The highest BCUT2D eigenvalue weighted by Gasteiger charge is 2.50. The van der Waals surface area contributed by atoms with Crippen molar-refractivity contribution in [1.29, 1.82) is 0 Å². The van der Waals surface area contributed by atoms with Gasteiger partial charge in [-0.15, -0.1) is 0 Å². The standard InChI is InChI=1S/C32H45N3O8/c1-21(36)28(34-27(38)19-35-13-15-42-16-14-35)26(37)18-24(29(39)23-11-7-4-8-12-23)31(41)33-25(30(40)32(2)20-43-32)17-22-9-5-3-6-10-22/h4,7-9,11-12,21,24-25,28-29,36,39H,3,5-6,10,13-20H2,1-2H3,(H,33,41)(H,34,38). The van der Waals surface area contributed by atoms with Gasteiger partial charge < -0.3 is 30.3 Å². The van der Waals surface area contributed by atoms with E-state index in [0.717, 1.165) is 31.3 Å². The van der Waals surface area contributed by atoms with Crippen LogP contribution in [-0.4, -0.2) is 102 Å². The molecule has 236 valence electrons. The molecule has 11 heteroatoms. The van der Waals surface area contributed by atoms with Gasteiger partial charge in [0.1, 0.15) is 11.6 Å². The predicted octanol–water partition coefficient (Wildman–Crippen LogP) is 1.23. The minimum atomic E-state index is -1.37. The van der Waals surface area contributed by atoms with Crippen molar-refractivity contribution < 1.29 is 38.9 Å². The highest BCUT2D eigenvalue weighted by Crippen LogP contribution is 2.32. The van der Waals surface area contributed by atoms with E-state index in [0.29, 0.717) is 38.3 Å². The Morgan fingerprint density at radius 3 is 2.35 bits per heavy atom. The lowest BCUT2D eigenvalue weighted by Gasteiger charge is -2.29. The van der Waals surface area contributed by atoms with Crippen LogP contribution in [0.5, 0.6) is 0 Å². The molecular formula is C32H45N3O8. The van der Waals surface area contributed by atoms with Crippen molar-refractivity contribution in [3.8, 4) is 0 Å². The molecule has 4 rings (SSSR count). The van der Waals surface area contributed by atoms with Gasteiger partial charge in [0.15, 0.2) is 11.6 Å². The first-order valence-corrected chi connectivity index (χ1v) is 15.3. The van der Waals surface area contributed by atoms with E-state index in [4.69, 9.17) is 9.47 Å². The van der Waals surface area contributed by atoms with Crippen LogP contribution in [0.25, 0.3) is 0 Å². The van der Waals surface area contributed by atoms with Crippen LogP contribution in [0.4, 0.5) is 0 Å². The van der Waals surface area contributed by atoms with E-state index >= 15 is 0 Å². The summed E-state index contributed by atoms with van der Waals surface area (Å²) in [6.45, 7) is 5.56. The Bertz CT molecular complexity index is 1160. The van der Waals surface area contributed by atoms with Crippen molar-refractivity contribution in [3.05, 3.63) is 47.5 Å². The fraction of sp³-hybridized carbons (Fsp3) is 0.625. The van der Waals surface area contributed by atoms with E-state index < -0.39 is 59.8 Å². The number of carbonyl (C=O) groups is 4. The molecule has 1 aliphatic carbocycles. The van der Waals surface area contributed by atoms with Gasteiger partial charge in [-0.1, -0.05) is 42.0 Å². The first-order valence-electron chi connectivity index (χ1n) is 15.3. The van der Waals surface area contributed by atoms with Gasteiger partial charge in [-0.05, 0) is 51.5 Å². The van der Waals surface area contributed by atoms with E-state index in [1.807, 2.05) is 4.90 Å². The summed E-state index contributed by atoms with van der Waals surface area (Å²) < 4.78 is 10.7. The average molecular weight is 600 g/mol. The van der Waals surface area contributed by atoms with Crippen molar-refractivity contribution in [2.24, 2.45) is 5.92 Å². The normalized spacial score (nSPS) is 24.0. The molecular weight excluding hydrogens is 554 g/mol. The highest BCUT2D eigenvalue weighted by molar-refractivity contribution is 5.98. The van der Waals surface area contributed by atoms with Gasteiger partial charge in [0.25, 0.3) is 0 Å². The Morgan fingerprint density at radius 1 is 1.05 bits per heavy atom. The van der Waals surface area contributed by atoms with E-state index in [-0.39, 0.29) is 18.9 Å². The fourth-order valence-electron chi connectivity index (χ4n) is 5.68. The maximum Gasteiger partial charge on any atom is 0.234 e. The lowest BCUT2D eigenvalue weighted by molar-refractivity contribution is -0.138. The van der Waals surface area contributed by atoms with Gasteiger partial charge in [-0.25, -0.2) is 0 Å². The molecule has 2 amide bonds. The van der Waals surface area contributed by atoms with E-state index in [1.54, 1.807) is 37.3 Å². The molecule has 1 aromatic rings. The van der Waals surface area contributed by atoms with Crippen molar-refractivity contribution in [3.63, 3.8) is 0 Å². The average Bonchev–Trinajstić information content (AvgIpc) is 3.77. The largest absolute Gasteiger partial charge is 0.391 e. The molecule has 2 heterocycles. The maximum atomic E-state index is 13.9. The van der Waals surface area contributed by atoms with Gasteiger partial charge in [-0.2, -0.15) is 0 Å². The third-order valence-corrected chi connectivity index (χ3v) is 8.48. The highest BCUT2D eigenvalue weighted by atomic mass is 16.6. The van der Waals surface area contributed by atoms with E-state index in [2.05, 4.69) is 16.7 Å². The number of allylic oxidation sites excluding steroid dienone is 1. The van der Waals surface area contributed by atoms with Gasteiger partial charge in [0, 0.05) is 19.5 Å². The van der Waals surface area contributed by atoms with Gasteiger partial charge in [-0.3, -0.25) is 24.1 Å². The zero-order valence-electron chi connectivity index (χ0n) is 25.1. The monoisotopic (exact) mass is 599 g/mol. The van der Waals surface area contributed by atoms with Crippen LogP contribution in [0.2, 0.25) is 0 Å². The fourth-order valence-corrected chi connectivity index (χ4v) is 5.68. The summed E-state index contributed by atoms with van der Waals surface area (Å²) in [6.07, 6.45) is 3.21. The van der Waals surface area contributed by atoms with Crippen LogP contribution < -0.4 is 10.6 Å². The SMILES string of the molecule is CC(O)C(NC(=O)CN1CCOCC1)C(=O)CC(C(=O)NC(CC1=CCCCC1)C(=O)C1(C)CO1)C(O)c1ccccc1. The molecule has 2 saturated heterocycles. The molecule has 3 aliphatic rings. The van der Waals surface area contributed by atoms with Gasteiger partial charge >= 0.3 is 0 Å². The molecule has 2 fully saturated rings. The summed E-state index contributed by atoms with van der Waals surface area (Å²) in [5.74, 6) is -3.22. The third-order valence-electron chi connectivity index (χ3n) is 8.48. The zero-order chi connectivity index (χ0) is 31.0. The molecule has 4 N–H and O–H groups in total. The second kappa shape index (κ2) is 15.2. The maximum absolute atomic E-state index is 13.9. The predicted molar refractivity (Wildman–Crippen MR) is 158 cm³/mol. The van der Waals surface area contributed by atoms with Crippen LogP contribution in [0.3, 0.4) is 0 Å². The summed E-state index contributed by atoms with van der Waals surface area (Å²) in [5, 5.41) is 27.3. The molecule has 0 spiro atoms. The third kappa shape index (κ3) is 9.26. The molecule has 1 aromatic carbocycles. The molecule has 0 saturated carbocycles. The number of aliphatic hydroxyl groups is 2. The van der Waals surface area contributed by atoms with Crippen LogP contribution >= 0.6 is 0 Å². The van der Waals surface area contributed by atoms with Crippen LogP contribution in [-0.2, 0) is 28.7 Å². The number of hydrogen-bond donors (Lipinski definition) is 4. The first kappa shape index (κ1) is 32.9. The van der Waals surface area contributed by atoms with Gasteiger partial charge in [0.05, 0.1) is 50.5 Å². The number of ketones is 2. The number of amides is 2. The molecule has 43 heavy (non-hydrogen) atoms. The Hall–Kier alpha value is -2.96. The van der Waals surface area contributed by atoms with E-state index in [9.17, 15) is 29.4 Å². The van der Waals surface area contributed by atoms with Crippen LogP contribution in [0, 0.1) is 5.92 Å². The molecule has 0 bridgehead atoms. The van der Waals surface area contributed by atoms with Crippen molar-refractivity contribution in [2.75, 3.05) is 39.5 Å². The number of nitrogens with zero attached hydrogens (tertiary/aromatic N) is 1. The van der Waals surface area contributed by atoms with Crippen molar-refractivity contribution >= 4 is 23.4 Å². The van der Waals surface area contributed by atoms with Crippen molar-refractivity contribution in [2.45, 2.75) is 82.3 Å². The number of nitrogens with one attached hydrogen (secondary N) is 2. The topological polar surface area (TPSA) is 158 Å². The Morgan fingerprint density at radius 2 is 1.74 bits per heavy atom. The molecule has 6 atom stereocenters. The zero-order valence-corrected chi connectivity index (χ0v) is 25.1. The Labute approximate surface area is 253 Å². The molecule has 6 unspecified atom stereocenters. The smallest absolute Gasteiger partial charge is 0.234 e. The minimum Gasteiger partial charge on any atom is -0.391 e. The lowest BCUT2D eigenvalue weighted by Crippen LogP contribution is -2.53. The number of morpholine rings is 1. The lowest BCUT2D eigenvalue weighted by atomic mass is 9.86. The summed E-state index contributed by atoms with van der Waals surface area (Å²) >= 11 is 0. The quantitative estimate of drug-likeness (QED) is 0.172. The summed E-state index contributed by atoms with van der Waals surface area (Å²) in [5.41, 5.74) is 0.539. The minimum absolute atomic E-state index is 0.0386. The number of carbonyl (C=O) groups excluding carboxylic acids is 4.